The molecule has 1 aromatic heterocycles. The molecule has 2 aromatic rings. The van der Waals surface area contributed by atoms with Crippen LogP contribution in [0.15, 0.2) is 24.4 Å². The number of aromatic nitrogens is 1. The molecule has 1 N–H and O–H groups in total. The van der Waals surface area contributed by atoms with E-state index < -0.39 is 5.60 Å². The Kier molecular flexibility index (Phi) is 4.56. The molecule has 0 saturated heterocycles. The lowest BCUT2D eigenvalue weighted by molar-refractivity contribution is 0.0946. The molecule has 0 atom stereocenters. The third-order valence-electron chi connectivity index (χ3n) is 6.54. The second-order valence-corrected chi connectivity index (χ2v) is 12.6. The van der Waals surface area contributed by atoms with Crippen LogP contribution in [0.1, 0.15) is 78.2 Å². The van der Waals surface area contributed by atoms with E-state index in [0.717, 1.165) is 22.0 Å². The van der Waals surface area contributed by atoms with Gasteiger partial charge >= 0.3 is 0 Å². The Morgan fingerprint density at radius 3 is 2.19 bits per heavy atom. The van der Waals surface area contributed by atoms with Crippen LogP contribution in [-0.2, 0) is 10.0 Å². The van der Waals surface area contributed by atoms with E-state index in [1.165, 1.54) is 0 Å². The van der Waals surface area contributed by atoms with E-state index in [0.29, 0.717) is 9.76 Å². The standard InChI is InChI=1S/C23H33NO2Si/c1-20(2,3)27-26-23(8,9)14-10-11-17-15(12-14)16(13-24-17)18(25)19-21(4,5)22(19,6)7/h10-13,19,24H,1-9H3. The first-order valence-corrected chi connectivity index (χ1v) is 10.7. The Bertz CT molecular complexity index is 869. The number of ketones is 1. The summed E-state index contributed by atoms with van der Waals surface area (Å²) in [4.78, 5) is 16.6. The van der Waals surface area contributed by atoms with Gasteiger partial charge in [-0.2, -0.15) is 0 Å². The number of nitrogens with one attached hydrogen (secondary N) is 1. The molecular formula is C23H33NO2Si. The smallest absolute Gasteiger partial charge is 0.236 e. The predicted molar refractivity (Wildman–Crippen MR) is 113 cm³/mol. The molecule has 0 amide bonds. The molecule has 1 aromatic carbocycles. The minimum atomic E-state index is -0.393. The van der Waals surface area contributed by atoms with Gasteiger partial charge in [-0.3, -0.25) is 4.79 Å². The van der Waals surface area contributed by atoms with Crippen LogP contribution in [0.25, 0.3) is 10.9 Å². The predicted octanol–water partition coefficient (Wildman–Crippen LogP) is 6.12. The van der Waals surface area contributed by atoms with Gasteiger partial charge in [0.25, 0.3) is 0 Å². The molecule has 1 heterocycles. The highest BCUT2D eigenvalue weighted by atomic mass is 28.2. The number of carbonyl (C=O) groups excluding carboxylic acids is 1. The van der Waals surface area contributed by atoms with E-state index in [9.17, 15) is 4.79 Å². The van der Waals surface area contributed by atoms with Crippen LogP contribution in [0.3, 0.4) is 0 Å². The number of H-pyrrole nitrogens is 1. The summed E-state index contributed by atoms with van der Waals surface area (Å²) in [5.41, 5.74) is 2.62. The van der Waals surface area contributed by atoms with Crippen LogP contribution in [0.5, 0.6) is 0 Å². The van der Waals surface area contributed by atoms with E-state index in [-0.39, 0.29) is 27.6 Å². The fourth-order valence-corrected chi connectivity index (χ4v) is 4.73. The van der Waals surface area contributed by atoms with Crippen LogP contribution >= 0.6 is 0 Å². The zero-order chi connectivity index (χ0) is 20.4. The number of aromatic amines is 1. The lowest BCUT2D eigenvalue weighted by Gasteiger charge is -2.29. The normalized spacial score (nSPS) is 19.4. The summed E-state index contributed by atoms with van der Waals surface area (Å²) in [6, 6.07) is 6.30. The van der Waals surface area contributed by atoms with Crippen LogP contribution in [-0.4, -0.2) is 20.5 Å². The van der Waals surface area contributed by atoms with Gasteiger partial charge in [0.15, 0.2) is 5.78 Å². The van der Waals surface area contributed by atoms with Gasteiger partial charge in [0, 0.05) is 28.6 Å². The number of hydrogen-bond donors (Lipinski definition) is 1. The lowest BCUT2D eigenvalue weighted by Crippen LogP contribution is -2.27. The second-order valence-electron chi connectivity index (χ2n) is 10.7. The average Bonchev–Trinajstić information content (AvgIpc) is 2.86. The molecule has 4 heteroatoms. The highest BCUT2D eigenvalue weighted by Gasteiger charge is 2.68. The molecule has 0 spiro atoms. The highest BCUT2D eigenvalue weighted by Crippen LogP contribution is 2.69. The minimum Gasteiger partial charge on any atom is -0.408 e. The Hall–Kier alpha value is -1.39. The Morgan fingerprint density at radius 2 is 1.67 bits per heavy atom. The molecule has 1 aliphatic rings. The Morgan fingerprint density at radius 1 is 1.07 bits per heavy atom. The molecule has 1 aliphatic carbocycles. The van der Waals surface area contributed by atoms with Crippen LogP contribution in [0, 0.1) is 16.7 Å². The summed E-state index contributed by atoms with van der Waals surface area (Å²) in [6.07, 6.45) is 1.88. The van der Waals surface area contributed by atoms with Crippen molar-refractivity contribution < 1.29 is 9.22 Å². The second kappa shape index (κ2) is 6.05. The monoisotopic (exact) mass is 383 g/mol. The summed E-state index contributed by atoms with van der Waals surface area (Å²) < 4.78 is 6.26. The largest absolute Gasteiger partial charge is 0.408 e. The molecule has 1 fully saturated rings. The zero-order valence-electron chi connectivity index (χ0n) is 18.2. The topological polar surface area (TPSA) is 42.1 Å². The molecule has 1 saturated carbocycles. The first-order valence-electron chi connectivity index (χ1n) is 9.79. The van der Waals surface area contributed by atoms with E-state index in [4.69, 9.17) is 4.43 Å². The summed E-state index contributed by atoms with van der Waals surface area (Å²) in [5.74, 6) is 0.322. The van der Waals surface area contributed by atoms with E-state index in [1.807, 2.05) is 6.20 Å². The minimum absolute atomic E-state index is 0.0432. The summed E-state index contributed by atoms with van der Waals surface area (Å²) >= 11 is 0. The number of Topliss-reactive ketones (excluding diaryl/α,β-unsaturated/α-hetero) is 1. The van der Waals surface area contributed by atoms with Gasteiger partial charge in [-0.1, -0.05) is 54.5 Å². The first kappa shape index (κ1) is 20.3. The van der Waals surface area contributed by atoms with Crippen molar-refractivity contribution in [3.63, 3.8) is 0 Å². The van der Waals surface area contributed by atoms with E-state index in [2.05, 4.69) is 85.5 Å². The summed E-state index contributed by atoms with van der Waals surface area (Å²) in [5, 5.41) is 1.14. The maximum atomic E-state index is 13.3. The Labute approximate surface area is 166 Å². The van der Waals surface area contributed by atoms with Gasteiger partial charge in [0.1, 0.15) is 0 Å². The van der Waals surface area contributed by atoms with Gasteiger partial charge in [-0.15, -0.1) is 0 Å². The molecule has 2 radical (unpaired) electrons. The molecule has 3 nitrogen and oxygen atoms in total. The number of rotatable bonds is 5. The maximum absolute atomic E-state index is 13.3. The van der Waals surface area contributed by atoms with Crippen molar-refractivity contribution in [3.8, 4) is 0 Å². The molecule has 146 valence electrons. The van der Waals surface area contributed by atoms with Crippen LogP contribution in [0.2, 0.25) is 5.04 Å². The van der Waals surface area contributed by atoms with Crippen molar-refractivity contribution in [2.45, 2.75) is 73.0 Å². The van der Waals surface area contributed by atoms with Crippen molar-refractivity contribution >= 4 is 26.4 Å². The Balaban J connectivity index is 1.94. The molecule has 3 rings (SSSR count). The molecule has 0 bridgehead atoms. The number of fused-ring (bicyclic) bond motifs is 1. The quantitative estimate of drug-likeness (QED) is 0.499. The van der Waals surface area contributed by atoms with Gasteiger partial charge in [0.05, 0.1) is 5.60 Å². The summed E-state index contributed by atoms with van der Waals surface area (Å²) in [7, 11) is 0.412. The highest BCUT2D eigenvalue weighted by molar-refractivity contribution is 6.31. The number of hydrogen-bond acceptors (Lipinski definition) is 2. The van der Waals surface area contributed by atoms with Crippen molar-refractivity contribution in [1.29, 1.82) is 0 Å². The molecule has 0 unspecified atom stereocenters. The third kappa shape index (κ3) is 3.42. The molecular weight excluding hydrogens is 350 g/mol. The molecule has 0 aliphatic heterocycles. The fourth-order valence-electron chi connectivity index (χ4n) is 4.05. The number of carbonyl (C=O) groups is 1. The van der Waals surface area contributed by atoms with E-state index in [1.54, 1.807) is 0 Å². The fraction of sp³-hybridized carbons (Fsp3) is 0.609. The molecule has 27 heavy (non-hydrogen) atoms. The van der Waals surface area contributed by atoms with Gasteiger partial charge in [0.2, 0.25) is 9.76 Å². The van der Waals surface area contributed by atoms with E-state index >= 15 is 0 Å². The lowest BCUT2D eigenvalue weighted by atomic mass is 9.94. The zero-order valence-corrected chi connectivity index (χ0v) is 19.2. The van der Waals surface area contributed by atoms with Gasteiger partial charge < -0.3 is 9.41 Å². The average molecular weight is 384 g/mol. The van der Waals surface area contributed by atoms with Crippen molar-refractivity contribution in [2.24, 2.45) is 16.7 Å². The van der Waals surface area contributed by atoms with Crippen LogP contribution in [0.4, 0.5) is 0 Å². The maximum Gasteiger partial charge on any atom is 0.236 e. The van der Waals surface area contributed by atoms with Gasteiger partial charge in [-0.25, -0.2) is 0 Å². The SMILES string of the molecule is CC(C)(C)[Si]OC(C)(C)c1ccc2[nH]cc(C(=O)C3C(C)(C)C3(C)C)c2c1. The van der Waals surface area contributed by atoms with Gasteiger partial charge in [-0.05, 0) is 47.4 Å². The summed E-state index contributed by atoms with van der Waals surface area (Å²) in [6.45, 7) is 19.6. The van der Waals surface area contributed by atoms with Crippen molar-refractivity contribution in [2.75, 3.05) is 0 Å². The first-order chi connectivity index (χ1) is 12.2. The van der Waals surface area contributed by atoms with Crippen molar-refractivity contribution in [3.05, 3.63) is 35.5 Å². The van der Waals surface area contributed by atoms with Crippen molar-refractivity contribution in [1.82, 2.24) is 4.98 Å². The number of benzene rings is 1. The van der Waals surface area contributed by atoms with Crippen LogP contribution < -0.4 is 0 Å². The third-order valence-corrected chi connectivity index (χ3v) is 7.76.